The number of benzene rings is 2. The molecule has 0 N–H and O–H groups in total. The summed E-state index contributed by atoms with van der Waals surface area (Å²) in [5.74, 6) is 0.848. The SMILES string of the molecule is C=CCSc1nnc2c(n1)O[C@@H](c1ccccc1Cl)N(C(=O)CC)c1ccccc1-2. The van der Waals surface area contributed by atoms with Crippen molar-refractivity contribution in [3.05, 3.63) is 71.8 Å². The van der Waals surface area contributed by atoms with Crippen LogP contribution < -0.4 is 9.64 Å². The summed E-state index contributed by atoms with van der Waals surface area (Å²) in [4.78, 5) is 19.3. The largest absolute Gasteiger partial charge is 0.447 e. The van der Waals surface area contributed by atoms with E-state index >= 15 is 0 Å². The third-order valence-corrected chi connectivity index (χ3v) is 5.76. The van der Waals surface area contributed by atoms with Crippen LogP contribution in [0.5, 0.6) is 5.88 Å². The molecule has 8 heteroatoms. The molecule has 2 heterocycles. The molecule has 30 heavy (non-hydrogen) atoms. The molecule has 1 amide bonds. The maximum Gasteiger partial charge on any atom is 0.247 e. The summed E-state index contributed by atoms with van der Waals surface area (Å²) in [6.07, 6.45) is 1.28. The van der Waals surface area contributed by atoms with Gasteiger partial charge in [0.05, 0.1) is 5.69 Å². The predicted octanol–water partition coefficient (Wildman–Crippen LogP) is 5.30. The second-order valence-electron chi connectivity index (χ2n) is 6.47. The molecule has 0 spiro atoms. The van der Waals surface area contributed by atoms with Crippen molar-refractivity contribution in [2.45, 2.75) is 24.7 Å². The summed E-state index contributed by atoms with van der Waals surface area (Å²) in [5.41, 5.74) is 2.55. The van der Waals surface area contributed by atoms with E-state index in [2.05, 4.69) is 21.8 Å². The van der Waals surface area contributed by atoms with E-state index in [1.54, 1.807) is 17.0 Å². The highest BCUT2D eigenvalue weighted by molar-refractivity contribution is 7.99. The third-order valence-electron chi connectivity index (χ3n) is 4.58. The highest BCUT2D eigenvalue weighted by Crippen LogP contribution is 2.44. The number of fused-ring (bicyclic) bond motifs is 3. The van der Waals surface area contributed by atoms with Crippen LogP contribution in [0.25, 0.3) is 11.3 Å². The Morgan fingerprint density at radius 2 is 2.00 bits per heavy atom. The third kappa shape index (κ3) is 3.78. The van der Waals surface area contributed by atoms with Crippen LogP contribution in [0.3, 0.4) is 0 Å². The standard InChI is InChI=1S/C22H19ClN4O2S/c1-3-13-30-22-24-20-19(25-26-22)15-10-6-8-12-17(15)27(18(28)4-2)21(29-20)14-9-5-7-11-16(14)23/h3,5-12,21H,1,4,13H2,2H3/t21-/m0/s1. The minimum Gasteiger partial charge on any atom is -0.447 e. The van der Waals surface area contributed by atoms with Gasteiger partial charge in [-0.3, -0.25) is 9.69 Å². The molecule has 1 aliphatic rings. The van der Waals surface area contributed by atoms with Crippen molar-refractivity contribution in [1.29, 1.82) is 0 Å². The van der Waals surface area contributed by atoms with Crippen molar-refractivity contribution in [3.63, 3.8) is 0 Å². The molecular formula is C22H19ClN4O2S. The van der Waals surface area contributed by atoms with Gasteiger partial charge in [-0.15, -0.1) is 16.8 Å². The molecule has 152 valence electrons. The lowest BCUT2D eigenvalue weighted by Gasteiger charge is -2.31. The van der Waals surface area contributed by atoms with E-state index in [0.717, 1.165) is 5.56 Å². The Morgan fingerprint density at radius 1 is 1.23 bits per heavy atom. The number of anilines is 1. The van der Waals surface area contributed by atoms with Crippen LogP contribution in [0.1, 0.15) is 25.1 Å². The molecular weight excluding hydrogens is 420 g/mol. The molecule has 0 saturated carbocycles. The van der Waals surface area contributed by atoms with Gasteiger partial charge in [0.25, 0.3) is 0 Å². The number of ether oxygens (including phenoxy) is 1. The Bertz CT molecular complexity index is 1110. The molecule has 0 radical (unpaired) electrons. The molecule has 2 aromatic carbocycles. The van der Waals surface area contributed by atoms with Crippen molar-refractivity contribution in [1.82, 2.24) is 15.2 Å². The van der Waals surface area contributed by atoms with Gasteiger partial charge in [-0.05, 0) is 12.1 Å². The number of carbonyl (C=O) groups excluding carboxylic acids is 1. The first-order valence-electron chi connectivity index (χ1n) is 9.45. The Morgan fingerprint density at radius 3 is 2.77 bits per heavy atom. The quantitative estimate of drug-likeness (QED) is 0.397. The maximum atomic E-state index is 13.1. The van der Waals surface area contributed by atoms with Crippen molar-refractivity contribution in [2.75, 3.05) is 10.7 Å². The second-order valence-corrected chi connectivity index (χ2v) is 7.87. The molecule has 0 unspecified atom stereocenters. The summed E-state index contributed by atoms with van der Waals surface area (Å²) in [7, 11) is 0. The van der Waals surface area contributed by atoms with Crippen LogP contribution >= 0.6 is 23.4 Å². The Balaban J connectivity index is 1.94. The number of thioether (sulfide) groups is 1. The van der Waals surface area contributed by atoms with Gasteiger partial charge >= 0.3 is 0 Å². The predicted molar refractivity (Wildman–Crippen MR) is 119 cm³/mol. The lowest BCUT2D eigenvalue weighted by Crippen LogP contribution is -2.37. The van der Waals surface area contributed by atoms with Crippen molar-refractivity contribution in [2.24, 2.45) is 0 Å². The summed E-state index contributed by atoms with van der Waals surface area (Å²) in [6.45, 7) is 5.54. The number of para-hydroxylation sites is 1. The molecule has 1 atom stereocenters. The van der Waals surface area contributed by atoms with Crippen molar-refractivity contribution in [3.8, 4) is 17.1 Å². The highest BCUT2D eigenvalue weighted by atomic mass is 35.5. The molecule has 4 rings (SSSR count). The fraction of sp³-hybridized carbons (Fsp3) is 0.182. The monoisotopic (exact) mass is 438 g/mol. The van der Waals surface area contributed by atoms with Crippen LogP contribution in [0.4, 0.5) is 5.69 Å². The van der Waals surface area contributed by atoms with Gasteiger partial charge in [0.2, 0.25) is 23.2 Å². The fourth-order valence-electron chi connectivity index (χ4n) is 3.23. The first-order chi connectivity index (χ1) is 14.6. The fourth-order valence-corrected chi connectivity index (χ4v) is 3.97. The van der Waals surface area contributed by atoms with Gasteiger partial charge in [0, 0.05) is 28.3 Å². The number of aromatic nitrogens is 3. The lowest BCUT2D eigenvalue weighted by atomic mass is 10.1. The van der Waals surface area contributed by atoms with Crippen LogP contribution in [0, 0.1) is 0 Å². The van der Waals surface area contributed by atoms with E-state index in [1.165, 1.54) is 11.8 Å². The van der Waals surface area contributed by atoms with Gasteiger partial charge in [0.1, 0.15) is 0 Å². The van der Waals surface area contributed by atoms with Crippen LogP contribution in [0.2, 0.25) is 5.02 Å². The van der Waals surface area contributed by atoms with Crippen molar-refractivity contribution >= 4 is 35.0 Å². The zero-order valence-corrected chi connectivity index (χ0v) is 17.9. The summed E-state index contributed by atoms with van der Waals surface area (Å²) < 4.78 is 6.33. The maximum absolute atomic E-state index is 13.1. The summed E-state index contributed by atoms with van der Waals surface area (Å²) in [6, 6.07) is 14.8. The Hall–Kier alpha value is -2.90. The highest BCUT2D eigenvalue weighted by Gasteiger charge is 2.36. The Kier molecular flexibility index (Phi) is 6.01. The molecule has 3 aromatic rings. The van der Waals surface area contributed by atoms with Gasteiger partial charge in [-0.25, -0.2) is 0 Å². The van der Waals surface area contributed by atoms with E-state index in [0.29, 0.717) is 45.2 Å². The second kappa shape index (κ2) is 8.85. The first kappa shape index (κ1) is 20.4. The average Bonchev–Trinajstić information content (AvgIpc) is 2.91. The zero-order chi connectivity index (χ0) is 21.1. The van der Waals surface area contributed by atoms with Crippen LogP contribution in [-0.4, -0.2) is 26.8 Å². The van der Waals surface area contributed by atoms with E-state index in [9.17, 15) is 4.79 Å². The molecule has 0 aliphatic carbocycles. The minimum absolute atomic E-state index is 0.102. The number of hydrogen-bond donors (Lipinski definition) is 0. The van der Waals surface area contributed by atoms with Crippen molar-refractivity contribution < 1.29 is 9.53 Å². The topological polar surface area (TPSA) is 68.2 Å². The molecule has 0 bridgehead atoms. The normalized spacial score (nSPS) is 14.9. The van der Waals surface area contributed by atoms with Crippen LogP contribution in [-0.2, 0) is 4.79 Å². The lowest BCUT2D eigenvalue weighted by molar-refractivity contribution is -0.120. The number of carbonyl (C=O) groups is 1. The number of rotatable bonds is 5. The molecule has 6 nitrogen and oxygen atoms in total. The number of halogens is 1. The zero-order valence-electron chi connectivity index (χ0n) is 16.3. The first-order valence-corrected chi connectivity index (χ1v) is 10.8. The number of hydrogen-bond acceptors (Lipinski definition) is 6. The van der Waals surface area contributed by atoms with Gasteiger partial charge in [0.15, 0.2) is 5.69 Å². The van der Waals surface area contributed by atoms with E-state index in [4.69, 9.17) is 16.3 Å². The molecule has 1 aromatic heterocycles. The van der Waals surface area contributed by atoms with Gasteiger partial charge in [-0.2, -0.15) is 4.98 Å². The van der Waals surface area contributed by atoms with E-state index in [1.807, 2.05) is 49.4 Å². The average molecular weight is 439 g/mol. The number of nitrogens with zero attached hydrogens (tertiary/aromatic N) is 4. The van der Waals surface area contributed by atoms with Gasteiger partial charge in [-0.1, -0.05) is 72.8 Å². The molecule has 1 aliphatic heterocycles. The van der Waals surface area contributed by atoms with E-state index in [-0.39, 0.29) is 5.91 Å². The Labute approximate surface area is 183 Å². The summed E-state index contributed by atoms with van der Waals surface area (Å²) in [5, 5.41) is 9.57. The van der Waals surface area contributed by atoms with E-state index < -0.39 is 6.23 Å². The van der Waals surface area contributed by atoms with Crippen LogP contribution in [0.15, 0.2) is 66.3 Å². The van der Waals surface area contributed by atoms with Gasteiger partial charge < -0.3 is 4.74 Å². The molecule has 0 saturated heterocycles. The number of amides is 1. The minimum atomic E-state index is -0.789. The summed E-state index contributed by atoms with van der Waals surface area (Å²) >= 11 is 7.90. The smallest absolute Gasteiger partial charge is 0.247 e. The molecule has 0 fully saturated rings.